The minimum Gasteiger partial charge on any atom is -0.353 e. The Labute approximate surface area is 167 Å². The third-order valence-corrected chi connectivity index (χ3v) is 6.63. The number of rotatable bonds is 6. The van der Waals surface area contributed by atoms with Gasteiger partial charge in [-0.15, -0.1) is 0 Å². The lowest BCUT2D eigenvalue weighted by atomic mass is 9.88. The highest BCUT2D eigenvalue weighted by Gasteiger charge is 2.21. The highest BCUT2D eigenvalue weighted by atomic mass is 32.2. The molecule has 0 saturated carbocycles. The summed E-state index contributed by atoms with van der Waals surface area (Å²) in [7, 11) is -3.62. The molecule has 2 N–H and O–H groups in total. The van der Waals surface area contributed by atoms with Gasteiger partial charge in [0.15, 0.2) is 0 Å². The molecule has 0 aliphatic heterocycles. The molecule has 1 amide bonds. The number of carbonyl (C=O) groups is 1. The predicted molar refractivity (Wildman–Crippen MR) is 112 cm³/mol. The van der Waals surface area contributed by atoms with Crippen molar-refractivity contribution in [2.24, 2.45) is 0 Å². The van der Waals surface area contributed by atoms with Crippen molar-refractivity contribution in [1.82, 2.24) is 5.32 Å². The minimum absolute atomic E-state index is 0.0707. The Balaban J connectivity index is 1.72. The fraction of sp³-hybridized carbons (Fsp3) is 0.409. The summed E-state index contributed by atoms with van der Waals surface area (Å²) in [5, 5.41) is 3.05. The van der Waals surface area contributed by atoms with Gasteiger partial charge < -0.3 is 5.32 Å². The molecule has 1 unspecified atom stereocenters. The van der Waals surface area contributed by atoms with E-state index in [-0.39, 0.29) is 16.8 Å². The van der Waals surface area contributed by atoms with E-state index in [1.165, 1.54) is 0 Å². The molecule has 3 rings (SSSR count). The Kier molecular flexibility index (Phi) is 6.08. The van der Waals surface area contributed by atoms with Crippen LogP contribution in [0.1, 0.15) is 56.2 Å². The lowest BCUT2D eigenvalue weighted by Crippen LogP contribution is -2.38. The van der Waals surface area contributed by atoms with Crippen molar-refractivity contribution < 1.29 is 13.2 Å². The number of hydrogen-bond acceptors (Lipinski definition) is 3. The van der Waals surface area contributed by atoms with Gasteiger partial charge in [-0.05, 0) is 66.1 Å². The highest BCUT2D eigenvalue weighted by Crippen LogP contribution is 2.26. The van der Waals surface area contributed by atoms with Crippen molar-refractivity contribution in [2.75, 3.05) is 4.72 Å². The largest absolute Gasteiger partial charge is 0.353 e. The van der Waals surface area contributed by atoms with Gasteiger partial charge in [0.2, 0.25) is 5.91 Å². The Morgan fingerprint density at radius 2 is 1.82 bits per heavy atom. The maximum absolute atomic E-state index is 12.7. The van der Waals surface area contributed by atoms with Crippen LogP contribution in [0, 0.1) is 0 Å². The van der Waals surface area contributed by atoms with E-state index in [0.29, 0.717) is 18.0 Å². The fourth-order valence-corrected chi connectivity index (χ4v) is 4.57. The highest BCUT2D eigenvalue weighted by molar-refractivity contribution is 7.92. The van der Waals surface area contributed by atoms with Gasteiger partial charge in [-0.2, -0.15) is 0 Å². The molecule has 0 aromatic heterocycles. The molecule has 28 heavy (non-hydrogen) atoms. The molecule has 0 saturated heterocycles. The first kappa shape index (κ1) is 20.4. The number of sulfonamides is 1. The summed E-state index contributed by atoms with van der Waals surface area (Å²) < 4.78 is 28.1. The number of anilines is 1. The summed E-state index contributed by atoms with van der Waals surface area (Å²) in [6.07, 6.45) is 2.96. The van der Waals surface area contributed by atoms with Crippen LogP contribution >= 0.6 is 0 Å². The van der Waals surface area contributed by atoms with E-state index in [1.54, 1.807) is 18.2 Å². The van der Waals surface area contributed by atoms with E-state index in [1.807, 2.05) is 31.2 Å². The van der Waals surface area contributed by atoms with Gasteiger partial charge in [-0.25, -0.2) is 8.42 Å². The topological polar surface area (TPSA) is 75.3 Å². The molecule has 150 valence electrons. The van der Waals surface area contributed by atoms with Crippen LogP contribution in [0.25, 0.3) is 0 Å². The van der Waals surface area contributed by atoms with E-state index in [9.17, 15) is 13.2 Å². The number of aryl methyl sites for hydroxylation is 1. The second-order valence-electron chi connectivity index (χ2n) is 7.67. The molecular formula is C22H28N2O3S. The summed E-state index contributed by atoms with van der Waals surface area (Å²) in [4.78, 5) is 11.9. The zero-order chi connectivity index (χ0) is 20.3. The Bertz CT molecular complexity index is 950. The van der Waals surface area contributed by atoms with Crippen LogP contribution in [0.4, 0.5) is 5.69 Å². The van der Waals surface area contributed by atoms with Gasteiger partial charge in [0.1, 0.15) is 0 Å². The third kappa shape index (κ3) is 4.73. The SMILES string of the molecule is CCC(=O)NC1CCc2cc(NS(=O)(=O)c3ccc(C(C)C)cc3)ccc2C1. The molecule has 0 bridgehead atoms. The predicted octanol–water partition coefficient (Wildman–Crippen LogP) is 3.99. The average molecular weight is 401 g/mol. The second-order valence-corrected chi connectivity index (χ2v) is 9.36. The van der Waals surface area contributed by atoms with Crippen molar-refractivity contribution in [2.45, 2.75) is 63.3 Å². The van der Waals surface area contributed by atoms with Crippen molar-refractivity contribution in [1.29, 1.82) is 0 Å². The lowest BCUT2D eigenvalue weighted by Gasteiger charge is -2.26. The van der Waals surface area contributed by atoms with Crippen LogP contribution in [0.3, 0.4) is 0 Å². The molecule has 6 heteroatoms. The summed E-state index contributed by atoms with van der Waals surface area (Å²) in [5.41, 5.74) is 3.98. The number of benzene rings is 2. The molecule has 1 aliphatic carbocycles. The van der Waals surface area contributed by atoms with Crippen LogP contribution in [-0.4, -0.2) is 20.4 Å². The minimum atomic E-state index is -3.62. The molecular weight excluding hydrogens is 372 g/mol. The van der Waals surface area contributed by atoms with E-state index in [4.69, 9.17) is 0 Å². The maximum Gasteiger partial charge on any atom is 0.261 e. The summed E-state index contributed by atoms with van der Waals surface area (Å²) in [6, 6.07) is 12.8. The van der Waals surface area contributed by atoms with Crippen molar-refractivity contribution in [3.63, 3.8) is 0 Å². The zero-order valence-electron chi connectivity index (χ0n) is 16.7. The smallest absolute Gasteiger partial charge is 0.261 e. The van der Waals surface area contributed by atoms with E-state index >= 15 is 0 Å². The van der Waals surface area contributed by atoms with Crippen LogP contribution in [0.2, 0.25) is 0 Å². The van der Waals surface area contributed by atoms with Gasteiger partial charge in [0, 0.05) is 18.2 Å². The Hall–Kier alpha value is -2.34. The Morgan fingerprint density at radius 1 is 1.11 bits per heavy atom. The van der Waals surface area contributed by atoms with Gasteiger partial charge in [0.05, 0.1) is 4.90 Å². The monoisotopic (exact) mass is 400 g/mol. The normalized spacial score (nSPS) is 16.5. The first-order valence-electron chi connectivity index (χ1n) is 9.82. The third-order valence-electron chi connectivity index (χ3n) is 5.23. The average Bonchev–Trinajstić information content (AvgIpc) is 2.67. The van der Waals surface area contributed by atoms with Crippen molar-refractivity contribution in [3.05, 3.63) is 59.2 Å². The molecule has 2 aromatic rings. The fourth-order valence-electron chi connectivity index (χ4n) is 3.52. The quantitative estimate of drug-likeness (QED) is 0.770. The van der Waals surface area contributed by atoms with Crippen LogP contribution in [0.5, 0.6) is 0 Å². The molecule has 0 spiro atoms. The van der Waals surface area contributed by atoms with Crippen LogP contribution in [0.15, 0.2) is 47.4 Å². The maximum atomic E-state index is 12.7. The first-order chi connectivity index (χ1) is 13.3. The molecule has 5 nitrogen and oxygen atoms in total. The molecule has 1 aliphatic rings. The molecule has 1 atom stereocenters. The second kappa shape index (κ2) is 8.35. The van der Waals surface area contributed by atoms with Gasteiger partial charge in [-0.1, -0.05) is 39.0 Å². The lowest BCUT2D eigenvalue weighted by molar-refractivity contribution is -0.121. The number of amides is 1. The zero-order valence-corrected chi connectivity index (χ0v) is 17.5. The summed E-state index contributed by atoms with van der Waals surface area (Å²) in [6.45, 7) is 6.00. The number of fused-ring (bicyclic) bond motifs is 1. The summed E-state index contributed by atoms with van der Waals surface area (Å²) >= 11 is 0. The number of nitrogens with one attached hydrogen (secondary N) is 2. The molecule has 0 heterocycles. The molecule has 0 radical (unpaired) electrons. The molecule has 2 aromatic carbocycles. The van der Waals surface area contributed by atoms with Gasteiger partial charge >= 0.3 is 0 Å². The van der Waals surface area contributed by atoms with Crippen molar-refractivity contribution in [3.8, 4) is 0 Å². The van der Waals surface area contributed by atoms with Gasteiger partial charge in [0.25, 0.3) is 10.0 Å². The molecule has 0 fully saturated rings. The van der Waals surface area contributed by atoms with Crippen LogP contribution in [-0.2, 0) is 27.7 Å². The van der Waals surface area contributed by atoms with E-state index in [2.05, 4.69) is 23.9 Å². The van der Waals surface area contributed by atoms with Crippen molar-refractivity contribution >= 4 is 21.6 Å². The number of carbonyl (C=O) groups excluding carboxylic acids is 1. The van der Waals surface area contributed by atoms with Crippen LogP contribution < -0.4 is 10.0 Å². The Morgan fingerprint density at radius 3 is 2.46 bits per heavy atom. The standard InChI is InChI=1S/C22H28N2O3S/c1-4-22(25)23-19-9-5-18-14-20(10-6-17(18)13-19)24-28(26,27)21-11-7-16(8-12-21)15(2)3/h6-8,10-12,14-15,19,24H,4-5,9,13H2,1-3H3,(H,23,25). The van der Waals surface area contributed by atoms with E-state index in [0.717, 1.165) is 36.0 Å². The summed E-state index contributed by atoms with van der Waals surface area (Å²) in [5.74, 6) is 0.428. The van der Waals surface area contributed by atoms with Gasteiger partial charge in [-0.3, -0.25) is 9.52 Å². The first-order valence-corrected chi connectivity index (χ1v) is 11.3. The number of hydrogen-bond donors (Lipinski definition) is 2. The van der Waals surface area contributed by atoms with E-state index < -0.39 is 10.0 Å².